The molecule has 0 aliphatic carbocycles. The topological polar surface area (TPSA) is 72.5 Å². The summed E-state index contributed by atoms with van der Waals surface area (Å²) in [7, 11) is 2.03. The molecule has 0 spiro atoms. The number of rotatable bonds is 3. The molecule has 5 heteroatoms. The van der Waals surface area contributed by atoms with Crippen LogP contribution in [0.5, 0.6) is 0 Å². The van der Waals surface area contributed by atoms with Crippen LogP contribution in [-0.4, -0.2) is 26.3 Å². The second kappa shape index (κ2) is 4.76. The molecule has 3 aromatic rings. The van der Waals surface area contributed by atoms with Crippen LogP contribution < -0.4 is 5.73 Å². The first-order valence-electron chi connectivity index (χ1n) is 6.79. The second-order valence-corrected chi connectivity index (χ2v) is 5.14. The average Bonchev–Trinajstić information content (AvgIpc) is 2.92. The zero-order valence-electron chi connectivity index (χ0n) is 12.1. The third-order valence-electron chi connectivity index (χ3n) is 3.88. The smallest absolute Gasteiger partial charge is 0.106 e. The van der Waals surface area contributed by atoms with Crippen LogP contribution in [0.3, 0.4) is 0 Å². The van der Waals surface area contributed by atoms with Crippen molar-refractivity contribution in [3.63, 3.8) is 0 Å². The van der Waals surface area contributed by atoms with E-state index < -0.39 is 0 Å². The predicted octanol–water partition coefficient (Wildman–Crippen LogP) is 2.08. The Morgan fingerprint density at radius 1 is 1.30 bits per heavy atom. The molecular formula is C15H19N5. The first-order valence-corrected chi connectivity index (χ1v) is 6.79. The van der Waals surface area contributed by atoms with Gasteiger partial charge in [0.05, 0.1) is 16.7 Å². The van der Waals surface area contributed by atoms with E-state index in [1.165, 1.54) is 5.56 Å². The minimum atomic E-state index is 0.626. The minimum Gasteiger partial charge on any atom is -0.331 e. The third-order valence-corrected chi connectivity index (χ3v) is 3.88. The molecule has 0 saturated heterocycles. The molecule has 3 rings (SSSR count). The first-order chi connectivity index (χ1) is 9.61. The predicted molar refractivity (Wildman–Crippen MR) is 80.5 cm³/mol. The van der Waals surface area contributed by atoms with Crippen molar-refractivity contribution in [2.75, 3.05) is 6.54 Å². The van der Waals surface area contributed by atoms with E-state index in [9.17, 15) is 0 Å². The van der Waals surface area contributed by atoms with Gasteiger partial charge < -0.3 is 10.3 Å². The lowest BCUT2D eigenvalue weighted by molar-refractivity contribution is 0.886. The van der Waals surface area contributed by atoms with Gasteiger partial charge in [-0.25, -0.2) is 4.98 Å². The quantitative estimate of drug-likeness (QED) is 0.764. The zero-order chi connectivity index (χ0) is 14.3. The van der Waals surface area contributed by atoms with E-state index in [-0.39, 0.29) is 0 Å². The fraction of sp³-hybridized carbons (Fsp3) is 0.333. The normalized spacial score (nSPS) is 11.4. The number of aryl methyl sites for hydroxylation is 2. The fourth-order valence-corrected chi connectivity index (χ4v) is 2.57. The van der Waals surface area contributed by atoms with Crippen LogP contribution in [0.4, 0.5) is 0 Å². The largest absolute Gasteiger partial charge is 0.331 e. The van der Waals surface area contributed by atoms with Crippen molar-refractivity contribution in [3.8, 4) is 11.3 Å². The second-order valence-electron chi connectivity index (χ2n) is 5.14. The molecule has 5 nitrogen and oxygen atoms in total. The first kappa shape index (κ1) is 12.9. The van der Waals surface area contributed by atoms with Gasteiger partial charge in [-0.05, 0) is 38.1 Å². The van der Waals surface area contributed by atoms with Gasteiger partial charge in [-0.3, -0.25) is 5.10 Å². The molecule has 20 heavy (non-hydrogen) atoms. The molecule has 3 N–H and O–H groups in total. The number of nitrogens with one attached hydrogen (secondary N) is 1. The summed E-state index contributed by atoms with van der Waals surface area (Å²) in [6, 6.07) is 6.29. The number of imidazole rings is 1. The summed E-state index contributed by atoms with van der Waals surface area (Å²) in [4.78, 5) is 4.58. The SMILES string of the molecule is Cc1c(-c2ccc3c(c2)nc(C)n3C)n[nH]c1CCN. The lowest BCUT2D eigenvalue weighted by Crippen LogP contribution is -2.03. The van der Waals surface area contributed by atoms with Gasteiger partial charge in [-0.2, -0.15) is 5.10 Å². The summed E-state index contributed by atoms with van der Waals surface area (Å²) in [5.41, 5.74) is 12.1. The number of fused-ring (bicyclic) bond motifs is 1. The Morgan fingerprint density at radius 3 is 2.85 bits per heavy atom. The van der Waals surface area contributed by atoms with Crippen LogP contribution >= 0.6 is 0 Å². The maximum atomic E-state index is 5.61. The van der Waals surface area contributed by atoms with Gasteiger partial charge in [0.2, 0.25) is 0 Å². The van der Waals surface area contributed by atoms with Crippen molar-refractivity contribution in [2.45, 2.75) is 20.3 Å². The molecule has 104 valence electrons. The van der Waals surface area contributed by atoms with Crippen molar-refractivity contribution >= 4 is 11.0 Å². The van der Waals surface area contributed by atoms with Crippen LogP contribution in [0.1, 0.15) is 17.1 Å². The molecule has 0 atom stereocenters. The minimum absolute atomic E-state index is 0.626. The van der Waals surface area contributed by atoms with E-state index in [4.69, 9.17) is 5.73 Å². The number of hydrogen-bond donors (Lipinski definition) is 2. The average molecular weight is 269 g/mol. The van der Waals surface area contributed by atoms with Gasteiger partial charge in [-0.1, -0.05) is 6.07 Å². The summed E-state index contributed by atoms with van der Waals surface area (Å²) < 4.78 is 2.09. The van der Waals surface area contributed by atoms with Gasteiger partial charge in [-0.15, -0.1) is 0 Å². The van der Waals surface area contributed by atoms with Crippen LogP contribution in [-0.2, 0) is 13.5 Å². The van der Waals surface area contributed by atoms with E-state index in [1.54, 1.807) is 0 Å². The van der Waals surface area contributed by atoms with E-state index >= 15 is 0 Å². The number of aromatic amines is 1. The van der Waals surface area contributed by atoms with E-state index in [0.29, 0.717) is 6.54 Å². The zero-order valence-corrected chi connectivity index (χ0v) is 12.1. The number of benzene rings is 1. The lowest BCUT2D eigenvalue weighted by atomic mass is 10.1. The van der Waals surface area contributed by atoms with Crippen molar-refractivity contribution in [1.82, 2.24) is 19.7 Å². The Labute approximate surface area is 117 Å². The molecule has 0 saturated carbocycles. The van der Waals surface area contributed by atoms with Crippen LogP contribution in [0, 0.1) is 13.8 Å². The molecule has 0 aliphatic heterocycles. The molecule has 0 unspecified atom stereocenters. The molecule has 0 amide bonds. The van der Waals surface area contributed by atoms with Crippen LogP contribution in [0.15, 0.2) is 18.2 Å². The van der Waals surface area contributed by atoms with Crippen molar-refractivity contribution < 1.29 is 0 Å². The highest BCUT2D eigenvalue weighted by Crippen LogP contribution is 2.26. The molecule has 0 aliphatic rings. The van der Waals surface area contributed by atoms with Crippen molar-refractivity contribution in [2.24, 2.45) is 12.8 Å². The molecule has 0 radical (unpaired) electrons. The lowest BCUT2D eigenvalue weighted by Gasteiger charge is -2.01. The number of nitrogens with two attached hydrogens (primary N) is 1. The number of nitrogens with zero attached hydrogens (tertiary/aromatic N) is 3. The van der Waals surface area contributed by atoms with Crippen molar-refractivity contribution in [1.29, 1.82) is 0 Å². The standard InChI is InChI=1S/C15H19N5/c1-9-12(6-7-16)18-19-15(9)11-4-5-14-13(8-11)17-10(2)20(14)3/h4-5,8H,6-7,16H2,1-3H3,(H,18,19). The third kappa shape index (κ3) is 1.91. The van der Waals surface area contributed by atoms with Gasteiger partial charge in [0.1, 0.15) is 5.82 Å². The Morgan fingerprint density at radius 2 is 2.10 bits per heavy atom. The highest BCUT2D eigenvalue weighted by Gasteiger charge is 2.12. The summed E-state index contributed by atoms with van der Waals surface area (Å²) in [6.45, 7) is 4.72. The maximum absolute atomic E-state index is 5.61. The molecule has 2 heterocycles. The highest BCUT2D eigenvalue weighted by atomic mass is 15.1. The summed E-state index contributed by atoms with van der Waals surface area (Å²) in [5, 5.41) is 7.51. The molecular weight excluding hydrogens is 250 g/mol. The molecule has 2 aromatic heterocycles. The van der Waals surface area contributed by atoms with Gasteiger partial charge in [0.15, 0.2) is 0 Å². The fourth-order valence-electron chi connectivity index (χ4n) is 2.57. The Kier molecular flexibility index (Phi) is 3.06. The summed E-state index contributed by atoms with van der Waals surface area (Å²) >= 11 is 0. The summed E-state index contributed by atoms with van der Waals surface area (Å²) in [6.07, 6.45) is 0.823. The van der Waals surface area contributed by atoms with E-state index in [1.807, 2.05) is 14.0 Å². The Bertz CT molecular complexity index is 766. The Balaban J connectivity index is 2.10. The summed E-state index contributed by atoms with van der Waals surface area (Å²) in [5.74, 6) is 1.01. The monoisotopic (exact) mass is 269 g/mol. The maximum Gasteiger partial charge on any atom is 0.106 e. The van der Waals surface area contributed by atoms with Gasteiger partial charge in [0, 0.05) is 24.7 Å². The molecule has 1 aromatic carbocycles. The van der Waals surface area contributed by atoms with Crippen LogP contribution in [0.25, 0.3) is 22.3 Å². The molecule has 0 bridgehead atoms. The van der Waals surface area contributed by atoms with E-state index in [2.05, 4.69) is 44.9 Å². The van der Waals surface area contributed by atoms with Crippen LogP contribution in [0.2, 0.25) is 0 Å². The van der Waals surface area contributed by atoms with Gasteiger partial charge >= 0.3 is 0 Å². The van der Waals surface area contributed by atoms with Crippen molar-refractivity contribution in [3.05, 3.63) is 35.3 Å². The highest BCUT2D eigenvalue weighted by molar-refractivity contribution is 5.82. The van der Waals surface area contributed by atoms with Gasteiger partial charge in [0.25, 0.3) is 0 Å². The number of aromatic nitrogens is 4. The molecule has 0 fully saturated rings. The van der Waals surface area contributed by atoms with E-state index in [0.717, 1.165) is 40.2 Å². The number of hydrogen-bond acceptors (Lipinski definition) is 3. The number of H-pyrrole nitrogens is 1. The Hall–Kier alpha value is -2.14.